The van der Waals surface area contributed by atoms with Gasteiger partial charge in [-0.2, -0.15) is 0 Å². The van der Waals surface area contributed by atoms with Crippen LogP contribution in [0.4, 0.5) is 0 Å². The van der Waals surface area contributed by atoms with Gasteiger partial charge in [-0.05, 0) is 26.2 Å². The zero-order valence-corrected chi connectivity index (χ0v) is 10.9. The minimum absolute atomic E-state index is 0.146. The number of para-hydroxylation sites is 1. The Bertz CT molecular complexity index is 325. The Morgan fingerprint density at radius 1 is 1.31 bits per heavy atom. The van der Waals surface area contributed by atoms with Crippen LogP contribution >= 0.6 is 23.2 Å². The largest absolute Gasteiger partial charge is 0.489 e. The van der Waals surface area contributed by atoms with Gasteiger partial charge in [0.2, 0.25) is 0 Å². The molecule has 0 amide bonds. The van der Waals surface area contributed by atoms with Crippen molar-refractivity contribution in [3.05, 3.63) is 28.2 Å². The summed E-state index contributed by atoms with van der Waals surface area (Å²) in [7, 11) is 3.91. The number of ether oxygens (including phenoxy) is 1. The lowest BCUT2D eigenvalue weighted by Crippen LogP contribution is -2.39. The van der Waals surface area contributed by atoms with E-state index >= 15 is 0 Å². The second kappa shape index (κ2) is 6.30. The third-order valence-electron chi connectivity index (χ3n) is 2.34. The molecule has 1 atom stereocenters. The van der Waals surface area contributed by atoms with Gasteiger partial charge in [0.15, 0.2) is 5.75 Å². The van der Waals surface area contributed by atoms with Crippen molar-refractivity contribution < 1.29 is 4.74 Å². The number of nitrogens with two attached hydrogens (primary N) is 1. The Kier molecular flexibility index (Phi) is 5.35. The molecule has 0 spiro atoms. The third-order valence-corrected chi connectivity index (χ3v) is 2.94. The molecule has 0 bridgehead atoms. The van der Waals surface area contributed by atoms with Crippen molar-refractivity contribution in [3.8, 4) is 5.75 Å². The number of benzene rings is 1. The molecule has 5 heteroatoms. The van der Waals surface area contributed by atoms with E-state index in [1.165, 1.54) is 0 Å². The summed E-state index contributed by atoms with van der Waals surface area (Å²) in [6.45, 7) is 0.988. The van der Waals surface area contributed by atoms with Gasteiger partial charge in [0.25, 0.3) is 0 Å². The maximum absolute atomic E-state index is 5.98. The normalized spacial score (nSPS) is 12.9. The highest BCUT2D eigenvalue weighted by Gasteiger charge is 2.12. The summed E-state index contributed by atoms with van der Waals surface area (Å²) in [5.41, 5.74) is 5.63. The quantitative estimate of drug-likeness (QED) is 0.885. The highest BCUT2D eigenvalue weighted by molar-refractivity contribution is 6.37. The first-order valence-corrected chi connectivity index (χ1v) is 5.75. The molecule has 3 nitrogen and oxygen atoms in total. The number of nitrogens with zero attached hydrogens (tertiary/aromatic N) is 1. The average molecular weight is 263 g/mol. The molecule has 0 aromatic heterocycles. The summed E-state index contributed by atoms with van der Waals surface area (Å²) < 4.78 is 5.60. The molecule has 0 fully saturated rings. The second-order valence-electron chi connectivity index (χ2n) is 3.71. The first-order valence-electron chi connectivity index (χ1n) is 4.99. The molecule has 0 aliphatic rings. The maximum atomic E-state index is 5.98. The summed E-state index contributed by atoms with van der Waals surface area (Å²) in [6.07, 6.45) is 0. The van der Waals surface area contributed by atoms with Crippen LogP contribution in [-0.2, 0) is 0 Å². The predicted octanol–water partition coefficient (Wildman–Crippen LogP) is 2.26. The molecule has 1 aromatic rings. The average Bonchev–Trinajstić information content (AvgIpc) is 2.22. The van der Waals surface area contributed by atoms with E-state index in [1.807, 2.05) is 19.0 Å². The van der Waals surface area contributed by atoms with Gasteiger partial charge in [0.1, 0.15) is 6.61 Å². The van der Waals surface area contributed by atoms with E-state index < -0.39 is 0 Å². The van der Waals surface area contributed by atoms with Crippen LogP contribution in [0, 0.1) is 0 Å². The van der Waals surface area contributed by atoms with E-state index in [9.17, 15) is 0 Å². The smallest absolute Gasteiger partial charge is 0.156 e. The van der Waals surface area contributed by atoms with E-state index in [1.54, 1.807) is 18.2 Å². The lowest BCUT2D eigenvalue weighted by Gasteiger charge is -2.23. The highest BCUT2D eigenvalue weighted by atomic mass is 35.5. The van der Waals surface area contributed by atoms with Gasteiger partial charge >= 0.3 is 0 Å². The molecule has 1 unspecified atom stereocenters. The molecule has 1 rings (SSSR count). The summed E-state index contributed by atoms with van der Waals surface area (Å²) in [5.74, 6) is 0.520. The minimum atomic E-state index is 0.146. The number of rotatable bonds is 5. The van der Waals surface area contributed by atoms with Crippen LogP contribution in [-0.4, -0.2) is 38.2 Å². The van der Waals surface area contributed by atoms with Gasteiger partial charge in [-0.25, -0.2) is 0 Å². The molecule has 90 valence electrons. The number of hydrogen-bond acceptors (Lipinski definition) is 3. The monoisotopic (exact) mass is 262 g/mol. The topological polar surface area (TPSA) is 38.5 Å². The molecule has 16 heavy (non-hydrogen) atoms. The van der Waals surface area contributed by atoms with Crippen molar-refractivity contribution in [2.75, 3.05) is 27.2 Å². The van der Waals surface area contributed by atoms with E-state index in [0.717, 1.165) is 0 Å². The van der Waals surface area contributed by atoms with E-state index in [0.29, 0.717) is 28.9 Å². The second-order valence-corrected chi connectivity index (χ2v) is 4.53. The zero-order valence-electron chi connectivity index (χ0n) is 9.41. The summed E-state index contributed by atoms with van der Waals surface area (Å²) >= 11 is 12.0. The van der Waals surface area contributed by atoms with Crippen molar-refractivity contribution in [1.29, 1.82) is 0 Å². The van der Waals surface area contributed by atoms with Crippen molar-refractivity contribution >= 4 is 23.2 Å². The van der Waals surface area contributed by atoms with Gasteiger partial charge < -0.3 is 15.4 Å². The Morgan fingerprint density at radius 2 is 1.88 bits per heavy atom. The van der Waals surface area contributed by atoms with Gasteiger partial charge in [-0.3, -0.25) is 0 Å². The number of halogens is 2. The summed E-state index contributed by atoms with van der Waals surface area (Å²) in [4.78, 5) is 2.00. The Hall–Kier alpha value is -0.480. The number of hydrogen-bond donors (Lipinski definition) is 1. The van der Waals surface area contributed by atoms with Crippen LogP contribution < -0.4 is 10.5 Å². The molecule has 1 aromatic carbocycles. The molecule has 0 radical (unpaired) electrons. The fraction of sp³-hybridized carbons (Fsp3) is 0.455. The Balaban J connectivity index is 2.67. The van der Waals surface area contributed by atoms with Crippen LogP contribution in [0.25, 0.3) is 0 Å². The standard InChI is InChI=1S/C11H16Cl2N2O/c1-15(2)8(6-14)7-16-11-9(12)4-3-5-10(11)13/h3-5,8H,6-7,14H2,1-2H3. The van der Waals surface area contributed by atoms with Crippen LogP contribution in [0.15, 0.2) is 18.2 Å². The SMILES string of the molecule is CN(C)C(CN)COc1c(Cl)cccc1Cl. The maximum Gasteiger partial charge on any atom is 0.156 e. The Labute approximate surface area is 106 Å². The lowest BCUT2D eigenvalue weighted by molar-refractivity contribution is 0.190. The fourth-order valence-electron chi connectivity index (χ4n) is 1.23. The van der Waals surface area contributed by atoms with Crippen molar-refractivity contribution in [2.24, 2.45) is 5.73 Å². The first kappa shape index (κ1) is 13.6. The lowest BCUT2D eigenvalue weighted by atomic mass is 10.3. The van der Waals surface area contributed by atoms with E-state index in [-0.39, 0.29) is 6.04 Å². The molecular formula is C11H16Cl2N2O. The predicted molar refractivity (Wildman–Crippen MR) is 68.5 cm³/mol. The zero-order chi connectivity index (χ0) is 12.1. The molecule has 0 saturated carbocycles. The van der Waals surface area contributed by atoms with Crippen LogP contribution in [0.2, 0.25) is 10.0 Å². The van der Waals surface area contributed by atoms with Crippen LogP contribution in [0.5, 0.6) is 5.75 Å². The molecule has 0 aliphatic carbocycles. The molecule has 0 saturated heterocycles. The van der Waals surface area contributed by atoms with Gasteiger partial charge in [-0.15, -0.1) is 0 Å². The van der Waals surface area contributed by atoms with Gasteiger partial charge in [-0.1, -0.05) is 29.3 Å². The third kappa shape index (κ3) is 3.52. The minimum Gasteiger partial charge on any atom is -0.489 e. The number of likely N-dealkylation sites (N-methyl/N-ethyl adjacent to an activating group) is 1. The summed E-state index contributed by atoms with van der Waals surface area (Å²) in [5, 5.41) is 1.03. The molecule has 2 N–H and O–H groups in total. The Morgan fingerprint density at radius 3 is 2.31 bits per heavy atom. The first-order chi connectivity index (χ1) is 7.56. The van der Waals surface area contributed by atoms with Crippen LogP contribution in [0.3, 0.4) is 0 Å². The van der Waals surface area contributed by atoms with Gasteiger partial charge in [0.05, 0.1) is 16.1 Å². The van der Waals surface area contributed by atoms with Crippen molar-refractivity contribution in [1.82, 2.24) is 4.90 Å². The van der Waals surface area contributed by atoms with Gasteiger partial charge in [0, 0.05) is 6.54 Å². The molecular weight excluding hydrogens is 247 g/mol. The van der Waals surface area contributed by atoms with E-state index in [4.69, 9.17) is 33.7 Å². The van der Waals surface area contributed by atoms with Crippen molar-refractivity contribution in [3.63, 3.8) is 0 Å². The molecule has 0 aliphatic heterocycles. The van der Waals surface area contributed by atoms with Crippen molar-refractivity contribution in [2.45, 2.75) is 6.04 Å². The summed E-state index contributed by atoms with van der Waals surface area (Å²) in [6, 6.07) is 5.42. The van der Waals surface area contributed by atoms with E-state index in [2.05, 4.69) is 0 Å². The fourth-order valence-corrected chi connectivity index (χ4v) is 1.73. The molecule has 0 heterocycles. The highest BCUT2D eigenvalue weighted by Crippen LogP contribution is 2.32. The van der Waals surface area contributed by atoms with Crippen LogP contribution in [0.1, 0.15) is 0 Å².